The Morgan fingerprint density at radius 3 is 2.72 bits per heavy atom. The Bertz CT molecular complexity index is 423. The van der Waals surface area contributed by atoms with Crippen LogP contribution in [0.5, 0.6) is 11.5 Å². The number of benzene rings is 1. The standard InChI is InChI=1S/C13H18BrNO3/c1-8(7-14)9(2)15-13(17)11-6-10(18-3)4-5-12(11)16/h4-6,8-9,16H,7H2,1-3H3,(H,15,17). The minimum absolute atomic E-state index is 0.0162. The molecule has 0 aromatic heterocycles. The Balaban J connectivity index is 2.83. The maximum Gasteiger partial charge on any atom is 0.255 e. The molecule has 2 unspecified atom stereocenters. The van der Waals surface area contributed by atoms with E-state index in [0.717, 1.165) is 5.33 Å². The summed E-state index contributed by atoms with van der Waals surface area (Å²) in [6, 6.07) is 4.60. The molecule has 1 aromatic rings. The molecule has 18 heavy (non-hydrogen) atoms. The average Bonchev–Trinajstić information content (AvgIpc) is 2.38. The van der Waals surface area contributed by atoms with Crippen LogP contribution < -0.4 is 10.1 Å². The number of halogens is 1. The summed E-state index contributed by atoms with van der Waals surface area (Å²) >= 11 is 3.38. The first-order valence-electron chi connectivity index (χ1n) is 5.73. The molecule has 2 N–H and O–H groups in total. The number of aromatic hydroxyl groups is 1. The third-order valence-corrected chi connectivity index (χ3v) is 3.93. The molecule has 5 heteroatoms. The van der Waals surface area contributed by atoms with E-state index in [0.29, 0.717) is 11.7 Å². The number of amides is 1. The second kappa shape index (κ2) is 6.64. The Hall–Kier alpha value is -1.23. The first-order valence-corrected chi connectivity index (χ1v) is 6.85. The number of hydrogen-bond donors (Lipinski definition) is 2. The second-order valence-corrected chi connectivity index (χ2v) is 4.92. The van der Waals surface area contributed by atoms with Gasteiger partial charge in [-0.05, 0) is 31.0 Å². The van der Waals surface area contributed by atoms with Crippen molar-refractivity contribution in [1.29, 1.82) is 0 Å². The molecule has 1 rings (SSSR count). The first-order chi connectivity index (χ1) is 8.49. The fraction of sp³-hybridized carbons (Fsp3) is 0.462. The summed E-state index contributed by atoms with van der Waals surface area (Å²) in [5.41, 5.74) is 0.225. The molecule has 0 fully saturated rings. The first kappa shape index (κ1) is 14.8. The summed E-state index contributed by atoms with van der Waals surface area (Å²) in [5, 5.41) is 13.3. The number of nitrogens with one attached hydrogen (secondary N) is 1. The van der Waals surface area contributed by atoms with Crippen LogP contribution >= 0.6 is 15.9 Å². The van der Waals surface area contributed by atoms with Gasteiger partial charge in [-0.3, -0.25) is 4.79 Å². The summed E-state index contributed by atoms with van der Waals surface area (Å²) in [6.07, 6.45) is 0. The molecule has 0 heterocycles. The van der Waals surface area contributed by atoms with E-state index in [1.807, 2.05) is 13.8 Å². The molecule has 0 aliphatic carbocycles. The molecular formula is C13H18BrNO3. The fourth-order valence-electron chi connectivity index (χ4n) is 1.38. The van der Waals surface area contributed by atoms with E-state index in [1.54, 1.807) is 6.07 Å². The number of phenols is 1. The SMILES string of the molecule is COc1ccc(O)c(C(=O)NC(C)C(C)CBr)c1. The van der Waals surface area contributed by atoms with E-state index >= 15 is 0 Å². The second-order valence-electron chi connectivity index (χ2n) is 4.28. The number of alkyl halides is 1. The zero-order valence-corrected chi connectivity index (χ0v) is 12.3. The maximum absolute atomic E-state index is 12.0. The lowest BCUT2D eigenvalue weighted by Crippen LogP contribution is -2.37. The van der Waals surface area contributed by atoms with Crippen molar-refractivity contribution < 1.29 is 14.6 Å². The number of carbonyl (C=O) groups is 1. The van der Waals surface area contributed by atoms with Crippen molar-refractivity contribution in [3.05, 3.63) is 23.8 Å². The molecule has 0 saturated heterocycles. The minimum Gasteiger partial charge on any atom is -0.507 e. The van der Waals surface area contributed by atoms with Crippen LogP contribution in [0.2, 0.25) is 0 Å². The highest BCUT2D eigenvalue weighted by Gasteiger charge is 2.17. The van der Waals surface area contributed by atoms with Gasteiger partial charge in [-0.1, -0.05) is 22.9 Å². The molecule has 0 saturated carbocycles. The summed E-state index contributed by atoms with van der Waals surface area (Å²) in [6.45, 7) is 3.96. The lowest BCUT2D eigenvalue weighted by atomic mass is 10.1. The summed E-state index contributed by atoms with van der Waals surface area (Å²) in [7, 11) is 1.52. The van der Waals surface area contributed by atoms with Crippen LogP contribution in [0, 0.1) is 5.92 Å². The third kappa shape index (κ3) is 3.63. The van der Waals surface area contributed by atoms with Crippen molar-refractivity contribution in [1.82, 2.24) is 5.32 Å². The van der Waals surface area contributed by atoms with Crippen LogP contribution in [0.1, 0.15) is 24.2 Å². The van der Waals surface area contributed by atoms with Crippen molar-refractivity contribution >= 4 is 21.8 Å². The maximum atomic E-state index is 12.0. The zero-order valence-electron chi connectivity index (χ0n) is 10.7. The van der Waals surface area contributed by atoms with Crippen LogP contribution in [-0.4, -0.2) is 29.5 Å². The quantitative estimate of drug-likeness (QED) is 0.821. The van der Waals surface area contributed by atoms with Crippen LogP contribution in [0.15, 0.2) is 18.2 Å². The van der Waals surface area contributed by atoms with E-state index in [4.69, 9.17) is 4.74 Å². The largest absolute Gasteiger partial charge is 0.507 e. The Morgan fingerprint density at radius 1 is 1.50 bits per heavy atom. The number of ether oxygens (including phenoxy) is 1. The van der Waals surface area contributed by atoms with Crippen molar-refractivity contribution in [3.63, 3.8) is 0 Å². The van der Waals surface area contributed by atoms with Gasteiger partial charge in [0.25, 0.3) is 5.91 Å². The van der Waals surface area contributed by atoms with Crippen LogP contribution in [0.4, 0.5) is 0 Å². The third-order valence-electron chi connectivity index (χ3n) is 2.90. The summed E-state index contributed by atoms with van der Waals surface area (Å²) < 4.78 is 5.03. The highest BCUT2D eigenvalue weighted by atomic mass is 79.9. The summed E-state index contributed by atoms with van der Waals surface area (Å²) in [4.78, 5) is 12.0. The molecule has 0 radical (unpaired) electrons. The lowest BCUT2D eigenvalue weighted by Gasteiger charge is -2.19. The molecule has 1 aromatic carbocycles. The smallest absolute Gasteiger partial charge is 0.255 e. The van der Waals surface area contributed by atoms with Crippen molar-refractivity contribution in [2.24, 2.45) is 5.92 Å². The van der Waals surface area contributed by atoms with E-state index in [9.17, 15) is 9.90 Å². The lowest BCUT2D eigenvalue weighted by molar-refractivity contribution is 0.0928. The number of carbonyl (C=O) groups excluding carboxylic acids is 1. The Morgan fingerprint density at radius 2 is 2.17 bits per heavy atom. The molecule has 0 spiro atoms. The van der Waals surface area contributed by atoms with Crippen molar-refractivity contribution in [2.45, 2.75) is 19.9 Å². The van der Waals surface area contributed by atoms with Gasteiger partial charge in [-0.15, -0.1) is 0 Å². The van der Waals surface area contributed by atoms with Crippen molar-refractivity contribution in [3.8, 4) is 11.5 Å². The molecular weight excluding hydrogens is 298 g/mol. The highest BCUT2D eigenvalue weighted by Crippen LogP contribution is 2.23. The number of rotatable bonds is 5. The van der Waals surface area contributed by atoms with Crippen LogP contribution in [0.3, 0.4) is 0 Å². The van der Waals surface area contributed by atoms with Crippen LogP contribution in [0.25, 0.3) is 0 Å². The van der Waals surface area contributed by atoms with Gasteiger partial charge in [0.1, 0.15) is 11.5 Å². The van der Waals surface area contributed by atoms with Crippen molar-refractivity contribution in [2.75, 3.05) is 12.4 Å². The van der Waals surface area contributed by atoms with Gasteiger partial charge >= 0.3 is 0 Å². The van der Waals surface area contributed by atoms with E-state index < -0.39 is 0 Å². The predicted octanol–water partition coefficient (Wildman–Crippen LogP) is 2.55. The zero-order chi connectivity index (χ0) is 13.7. The number of phenolic OH excluding ortho intramolecular Hbond substituents is 1. The monoisotopic (exact) mass is 315 g/mol. The highest BCUT2D eigenvalue weighted by molar-refractivity contribution is 9.09. The Labute approximate surface area is 115 Å². The predicted molar refractivity (Wildman–Crippen MR) is 74.5 cm³/mol. The normalized spacial score (nSPS) is 13.8. The fourth-order valence-corrected chi connectivity index (χ4v) is 1.95. The minimum atomic E-state index is -0.299. The van der Waals surface area contributed by atoms with Gasteiger partial charge in [-0.2, -0.15) is 0 Å². The molecule has 2 atom stereocenters. The molecule has 4 nitrogen and oxygen atoms in total. The van der Waals surface area contributed by atoms with Gasteiger partial charge in [0, 0.05) is 11.4 Å². The number of hydrogen-bond acceptors (Lipinski definition) is 3. The molecule has 0 aliphatic heterocycles. The van der Waals surface area contributed by atoms with Gasteiger partial charge in [0.15, 0.2) is 0 Å². The molecule has 100 valence electrons. The molecule has 0 aliphatic rings. The van der Waals surface area contributed by atoms with Gasteiger partial charge in [-0.25, -0.2) is 0 Å². The Kier molecular flexibility index (Phi) is 5.47. The number of methoxy groups -OCH3 is 1. The van der Waals surface area contributed by atoms with Crippen LogP contribution in [-0.2, 0) is 0 Å². The molecule has 0 bridgehead atoms. The molecule has 1 amide bonds. The van der Waals surface area contributed by atoms with Gasteiger partial charge in [0.2, 0.25) is 0 Å². The topological polar surface area (TPSA) is 58.6 Å². The van der Waals surface area contributed by atoms with E-state index in [2.05, 4.69) is 21.2 Å². The van der Waals surface area contributed by atoms with E-state index in [1.165, 1.54) is 19.2 Å². The summed E-state index contributed by atoms with van der Waals surface area (Å²) in [5.74, 6) is 0.500. The van der Waals surface area contributed by atoms with Gasteiger partial charge < -0.3 is 15.2 Å². The van der Waals surface area contributed by atoms with Gasteiger partial charge in [0.05, 0.1) is 12.7 Å². The average molecular weight is 316 g/mol. The van der Waals surface area contributed by atoms with E-state index in [-0.39, 0.29) is 23.3 Å².